The molecule has 1 saturated carbocycles. The molecule has 0 aromatic heterocycles. The van der Waals surface area contributed by atoms with Gasteiger partial charge in [0, 0.05) is 16.9 Å². The smallest absolute Gasteiger partial charge is 0.258 e. The zero-order chi connectivity index (χ0) is 34.7. The standard InChI is InChI=1S/C30H21Br2Cl2F5N2O6/c1-3-6-40-25(43)10-5-4-9-12(14(10)26(40)44)8-29(33)27(45)41(23-21(38)19(36)18(35)20(37)22(23)39)28(46)30(29,34)15(9)11-7-13(47-2)24(42)17(32)16(11)31/h4,7,10,12,14-15,42H,3,5-6,8H2,1-2H3. The number of likely N-dealkylation sites (tertiary alicyclic amines) is 1. The van der Waals surface area contributed by atoms with Crippen molar-refractivity contribution in [3.63, 3.8) is 0 Å². The number of amides is 4. The number of ether oxygens (including phenoxy) is 1. The Hall–Kier alpha value is -2.75. The number of phenols is 1. The summed E-state index contributed by atoms with van der Waals surface area (Å²) in [6.07, 6.45) is 1.42. The Kier molecular flexibility index (Phi) is 8.29. The average molecular weight is 831 g/mol. The highest BCUT2D eigenvalue weighted by Gasteiger charge is 2.77. The van der Waals surface area contributed by atoms with Gasteiger partial charge in [-0.05, 0) is 68.7 Å². The summed E-state index contributed by atoms with van der Waals surface area (Å²) in [6, 6.07) is 1.26. The Labute approximate surface area is 290 Å². The fraction of sp³-hybridized carbons (Fsp3) is 0.400. The van der Waals surface area contributed by atoms with Gasteiger partial charge in [0.25, 0.3) is 11.8 Å². The molecule has 1 N–H and O–H groups in total. The molecule has 2 saturated heterocycles. The molecule has 2 aliphatic heterocycles. The molecular formula is C30H21Br2Cl2F5N2O6. The molecule has 2 heterocycles. The molecule has 0 radical (unpaired) electrons. The number of hydrogen-bond acceptors (Lipinski definition) is 6. The van der Waals surface area contributed by atoms with Gasteiger partial charge >= 0.3 is 0 Å². The molecule has 2 aliphatic carbocycles. The molecule has 6 atom stereocenters. The van der Waals surface area contributed by atoms with Gasteiger partial charge in [0.2, 0.25) is 17.6 Å². The first kappa shape index (κ1) is 34.1. The van der Waals surface area contributed by atoms with Gasteiger partial charge in [0.1, 0.15) is 5.69 Å². The van der Waals surface area contributed by atoms with Crippen LogP contribution in [0.3, 0.4) is 0 Å². The van der Waals surface area contributed by atoms with Gasteiger partial charge in [0.15, 0.2) is 44.5 Å². The summed E-state index contributed by atoms with van der Waals surface area (Å²) in [6.45, 7) is 1.88. The second-order valence-corrected chi connectivity index (χ2v) is 14.5. The van der Waals surface area contributed by atoms with E-state index in [-0.39, 0.29) is 43.7 Å². The van der Waals surface area contributed by atoms with Crippen LogP contribution in [0.1, 0.15) is 37.7 Å². The average Bonchev–Trinajstić information content (AvgIpc) is 3.37. The maximum Gasteiger partial charge on any atom is 0.258 e. The van der Waals surface area contributed by atoms with E-state index in [0.29, 0.717) is 6.42 Å². The number of allylic oxidation sites excluding steroid dienone is 2. The van der Waals surface area contributed by atoms with E-state index in [9.17, 15) is 37.5 Å². The van der Waals surface area contributed by atoms with E-state index < -0.39 is 104 Å². The van der Waals surface area contributed by atoms with E-state index in [2.05, 4.69) is 31.9 Å². The molecule has 0 bridgehead atoms. The number of aromatic hydroxyl groups is 1. The fourth-order valence-electron chi connectivity index (χ4n) is 7.40. The molecule has 2 aromatic rings. The first-order valence-corrected chi connectivity index (χ1v) is 16.4. The van der Waals surface area contributed by atoms with Crippen molar-refractivity contribution < 1.29 is 51.0 Å². The van der Waals surface area contributed by atoms with Crippen LogP contribution in [0.15, 0.2) is 26.7 Å². The van der Waals surface area contributed by atoms with Gasteiger partial charge in [-0.2, -0.15) is 0 Å². The summed E-state index contributed by atoms with van der Waals surface area (Å²) in [7, 11) is 1.22. The normalized spacial score (nSPS) is 30.1. The fourth-order valence-corrected chi connectivity index (χ4v) is 9.28. The zero-order valence-electron chi connectivity index (χ0n) is 24.1. The van der Waals surface area contributed by atoms with E-state index in [4.69, 9.17) is 27.9 Å². The SMILES string of the molecule is CCCN1C(=O)C2CC=C3C(CC4(Cl)C(=O)N(c5c(F)c(F)c(F)c(F)c5F)C(=O)C4(Cl)C3c3cc(OC)c(O)c(Br)c3Br)C2C1=O. The minimum Gasteiger partial charge on any atom is -0.503 e. The van der Waals surface area contributed by atoms with Crippen LogP contribution in [-0.2, 0) is 19.2 Å². The van der Waals surface area contributed by atoms with Gasteiger partial charge in [-0.25, -0.2) is 26.9 Å². The summed E-state index contributed by atoms with van der Waals surface area (Å²) in [5.41, 5.74) is -1.56. The number of methoxy groups -OCH3 is 1. The summed E-state index contributed by atoms with van der Waals surface area (Å²) in [5.74, 6) is -21.6. The molecule has 4 aliphatic rings. The van der Waals surface area contributed by atoms with Crippen molar-refractivity contribution in [3.8, 4) is 11.5 Å². The maximum absolute atomic E-state index is 15.2. The number of carbonyl (C=O) groups excluding carboxylic acids is 4. The summed E-state index contributed by atoms with van der Waals surface area (Å²) >= 11 is 20.8. The van der Waals surface area contributed by atoms with Crippen LogP contribution in [0.5, 0.6) is 11.5 Å². The van der Waals surface area contributed by atoms with Gasteiger partial charge in [0.05, 0.1) is 23.4 Å². The molecule has 47 heavy (non-hydrogen) atoms. The summed E-state index contributed by atoms with van der Waals surface area (Å²) < 4.78 is 78.5. The Morgan fingerprint density at radius 1 is 0.936 bits per heavy atom. The quantitative estimate of drug-likeness (QED) is 0.0911. The third-order valence-electron chi connectivity index (χ3n) is 9.46. The summed E-state index contributed by atoms with van der Waals surface area (Å²) in [4.78, 5) is 51.2. The Morgan fingerprint density at radius 2 is 1.53 bits per heavy atom. The largest absolute Gasteiger partial charge is 0.503 e. The molecule has 0 spiro atoms. The Bertz CT molecular complexity index is 1840. The molecule has 6 unspecified atom stereocenters. The van der Waals surface area contributed by atoms with E-state index in [1.807, 2.05) is 0 Å². The number of benzene rings is 2. The highest BCUT2D eigenvalue weighted by Crippen LogP contribution is 2.67. The molecule has 4 amide bonds. The number of rotatable bonds is 5. The van der Waals surface area contributed by atoms with E-state index in [1.54, 1.807) is 13.0 Å². The van der Waals surface area contributed by atoms with Crippen LogP contribution in [0, 0.1) is 46.8 Å². The minimum absolute atomic E-state index is 0.00154. The molecule has 6 rings (SSSR count). The number of hydrogen-bond donors (Lipinski definition) is 1. The van der Waals surface area contributed by atoms with Crippen molar-refractivity contribution in [2.45, 2.75) is 41.9 Å². The Morgan fingerprint density at radius 3 is 2.11 bits per heavy atom. The first-order valence-electron chi connectivity index (χ1n) is 14.1. The number of anilines is 1. The van der Waals surface area contributed by atoms with E-state index in [1.165, 1.54) is 13.2 Å². The highest BCUT2D eigenvalue weighted by molar-refractivity contribution is 9.13. The van der Waals surface area contributed by atoms with Gasteiger partial charge in [-0.15, -0.1) is 23.2 Å². The van der Waals surface area contributed by atoms with Crippen molar-refractivity contribution in [2.24, 2.45) is 17.8 Å². The van der Waals surface area contributed by atoms with Crippen LogP contribution in [-0.4, -0.2) is 57.0 Å². The third-order valence-corrected chi connectivity index (χ3v) is 13.0. The number of phenolic OH excluding ortho intramolecular Hbond substituents is 1. The predicted octanol–water partition coefficient (Wildman–Crippen LogP) is 6.59. The second-order valence-electron chi connectivity index (χ2n) is 11.7. The molecule has 17 heteroatoms. The molecule has 250 valence electrons. The van der Waals surface area contributed by atoms with Crippen LogP contribution in [0.25, 0.3) is 0 Å². The highest BCUT2D eigenvalue weighted by atomic mass is 79.9. The van der Waals surface area contributed by atoms with Gasteiger partial charge in [-0.3, -0.25) is 24.1 Å². The lowest BCUT2D eigenvalue weighted by Crippen LogP contribution is -2.60. The zero-order valence-corrected chi connectivity index (χ0v) is 28.8. The lowest BCUT2D eigenvalue weighted by Gasteiger charge is -2.51. The second kappa shape index (κ2) is 11.4. The lowest BCUT2D eigenvalue weighted by molar-refractivity contribution is -0.140. The predicted molar refractivity (Wildman–Crippen MR) is 163 cm³/mol. The van der Waals surface area contributed by atoms with Crippen molar-refractivity contribution in [2.75, 3.05) is 18.6 Å². The first-order chi connectivity index (χ1) is 22.0. The maximum atomic E-state index is 15.2. The molecule has 8 nitrogen and oxygen atoms in total. The number of imide groups is 2. The van der Waals surface area contributed by atoms with Crippen LogP contribution >= 0.6 is 55.1 Å². The van der Waals surface area contributed by atoms with Crippen LogP contribution < -0.4 is 9.64 Å². The van der Waals surface area contributed by atoms with E-state index in [0.717, 1.165) is 4.90 Å². The topological polar surface area (TPSA) is 104 Å². The summed E-state index contributed by atoms with van der Waals surface area (Å²) in [5, 5.41) is 10.6. The molecule has 2 aromatic carbocycles. The number of fused-ring (bicyclic) bond motifs is 4. The monoisotopic (exact) mass is 828 g/mol. The van der Waals surface area contributed by atoms with Crippen LogP contribution in [0.2, 0.25) is 0 Å². The number of halogens is 9. The van der Waals surface area contributed by atoms with Crippen molar-refractivity contribution in [1.29, 1.82) is 0 Å². The Balaban J connectivity index is 1.64. The number of carbonyl (C=O) groups is 4. The van der Waals surface area contributed by atoms with Gasteiger partial charge < -0.3 is 9.84 Å². The number of nitrogens with zero attached hydrogens (tertiary/aromatic N) is 2. The third kappa shape index (κ3) is 4.27. The van der Waals surface area contributed by atoms with Crippen molar-refractivity contribution in [3.05, 3.63) is 61.3 Å². The van der Waals surface area contributed by atoms with Crippen LogP contribution in [0.4, 0.5) is 27.6 Å². The minimum atomic E-state index is -2.72. The van der Waals surface area contributed by atoms with E-state index >= 15 is 8.78 Å². The number of alkyl halides is 2. The molecular weight excluding hydrogens is 810 g/mol. The van der Waals surface area contributed by atoms with Crippen molar-refractivity contribution in [1.82, 2.24) is 4.90 Å². The lowest BCUT2D eigenvalue weighted by atomic mass is 9.56. The van der Waals surface area contributed by atoms with Crippen molar-refractivity contribution >= 4 is 84.4 Å². The van der Waals surface area contributed by atoms with Gasteiger partial charge in [-0.1, -0.05) is 18.6 Å². The molecule has 3 fully saturated rings.